The molecule has 1 aromatic carbocycles. The third kappa shape index (κ3) is 4.26. The van der Waals surface area contributed by atoms with Crippen molar-refractivity contribution in [3.05, 3.63) is 63.0 Å². The highest BCUT2D eigenvalue weighted by Crippen LogP contribution is 2.20. The maximum absolute atomic E-state index is 12.6. The number of hydrogen-bond acceptors (Lipinski definition) is 5. The Morgan fingerprint density at radius 2 is 1.89 bits per heavy atom. The van der Waals surface area contributed by atoms with Crippen molar-refractivity contribution in [3.8, 4) is 0 Å². The standard InChI is InChI=1S/C20H24N4O2S/c1-4-16-11-17-19(27-16)21-13-24(20(17)26)22-18(25)15-9-7-14(8-10-15)12-23(5-2)6-3/h7-11,13H,4-6,12H2,1-3H3,(H,22,25). The third-order valence-corrected chi connectivity index (χ3v) is 5.78. The molecule has 2 aromatic heterocycles. The van der Waals surface area contributed by atoms with Crippen LogP contribution in [0.3, 0.4) is 0 Å². The Balaban J connectivity index is 1.76. The van der Waals surface area contributed by atoms with E-state index < -0.39 is 0 Å². The zero-order valence-electron chi connectivity index (χ0n) is 15.9. The molecule has 7 heteroatoms. The van der Waals surface area contributed by atoms with Crippen LogP contribution in [0.4, 0.5) is 0 Å². The smallest absolute Gasteiger partial charge is 0.280 e. The molecule has 6 nitrogen and oxygen atoms in total. The summed E-state index contributed by atoms with van der Waals surface area (Å²) >= 11 is 1.50. The van der Waals surface area contributed by atoms with Crippen LogP contribution in [0, 0.1) is 0 Å². The van der Waals surface area contributed by atoms with Crippen molar-refractivity contribution >= 4 is 27.5 Å². The fourth-order valence-electron chi connectivity index (χ4n) is 2.87. The minimum Gasteiger partial charge on any atom is -0.300 e. The van der Waals surface area contributed by atoms with Gasteiger partial charge in [0.1, 0.15) is 11.2 Å². The molecule has 1 amide bonds. The van der Waals surface area contributed by atoms with Crippen molar-refractivity contribution in [2.75, 3.05) is 18.5 Å². The Morgan fingerprint density at radius 3 is 2.52 bits per heavy atom. The summed E-state index contributed by atoms with van der Waals surface area (Å²) in [5.41, 5.74) is 4.02. The molecule has 0 saturated carbocycles. The lowest BCUT2D eigenvalue weighted by atomic mass is 10.1. The van der Waals surface area contributed by atoms with E-state index in [-0.39, 0.29) is 11.5 Å². The molecule has 0 radical (unpaired) electrons. The normalized spacial score (nSPS) is 11.3. The van der Waals surface area contributed by atoms with E-state index in [2.05, 4.69) is 29.2 Å². The number of fused-ring (bicyclic) bond motifs is 1. The SMILES string of the molecule is CCc1cc2c(=O)n(NC(=O)c3ccc(CN(CC)CC)cc3)cnc2s1. The molecule has 0 aliphatic heterocycles. The number of rotatable bonds is 7. The lowest BCUT2D eigenvalue weighted by Gasteiger charge is -2.18. The molecule has 142 valence electrons. The topological polar surface area (TPSA) is 67.2 Å². The van der Waals surface area contributed by atoms with Crippen LogP contribution >= 0.6 is 11.3 Å². The van der Waals surface area contributed by atoms with E-state index in [1.54, 1.807) is 12.1 Å². The second-order valence-electron chi connectivity index (χ2n) is 6.30. The monoisotopic (exact) mass is 384 g/mol. The zero-order valence-corrected chi connectivity index (χ0v) is 16.7. The fourth-order valence-corrected chi connectivity index (χ4v) is 3.79. The number of aromatic nitrogens is 2. The second kappa shape index (κ2) is 8.45. The zero-order chi connectivity index (χ0) is 19.4. The highest BCUT2D eigenvalue weighted by atomic mass is 32.1. The van der Waals surface area contributed by atoms with Gasteiger partial charge >= 0.3 is 0 Å². The number of carbonyl (C=O) groups excluding carboxylic acids is 1. The van der Waals surface area contributed by atoms with Gasteiger partial charge in [0.25, 0.3) is 11.5 Å². The summed E-state index contributed by atoms with van der Waals surface area (Å²) < 4.78 is 1.15. The molecule has 3 aromatic rings. The second-order valence-corrected chi connectivity index (χ2v) is 7.42. The highest BCUT2D eigenvalue weighted by molar-refractivity contribution is 7.18. The first-order chi connectivity index (χ1) is 13.0. The van der Waals surface area contributed by atoms with Crippen LogP contribution in [0.25, 0.3) is 10.2 Å². The molecule has 0 aliphatic carbocycles. The van der Waals surface area contributed by atoms with Crippen molar-refractivity contribution in [1.29, 1.82) is 0 Å². The number of carbonyl (C=O) groups is 1. The molecule has 27 heavy (non-hydrogen) atoms. The van der Waals surface area contributed by atoms with E-state index in [0.717, 1.165) is 41.2 Å². The third-order valence-electron chi connectivity index (χ3n) is 4.59. The molecule has 3 rings (SSSR count). The van der Waals surface area contributed by atoms with Crippen LogP contribution in [-0.2, 0) is 13.0 Å². The van der Waals surface area contributed by atoms with Gasteiger partial charge in [-0.1, -0.05) is 32.9 Å². The van der Waals surface area contributed by atoms with Gasteiger partial charge in [0.05, 0.1) is 5.39 Å². The average molecular weight is 385 g/mol. The Morgan fingerprint density at radius 1 is 1.19 bits per heavy atom. The minimum atomic E-state index is -0.335. The number of thiophene rings is 1. The van der Waals surface area contributed by atoms with Crippen LogP contribution in [0.15, 0.2) is 41.5 Å². The van der Waals surface area contributed by atoms with Gasteiger partial charge < -0.3 is 0 Å². The van der Waals surface area contributed by atoms with Crippen LogP contribution in [-0.4, -0.2) is 33.6 Å². The van der Waals surface area contributed by atoms with E-state index in [1.165, 1.54) is 17.7 Å². The van der Waals surface area contributed by atoms with Gasteiger partial charge in [0, 0.05) is 17.0 Å². The Bertz CT molecular complexity index is 987. The molecule has 0 fully saturated rings. The van der Waals surface area contributed by atoms with Crippen molar-refractivity contribution in [1.82, 2.24) is 14.6 Å². The lowest BCUT2D eigenvalue weighted by molar-refractivity contribution is 0.101. The van der Waals surface area contributed by atoms with Gasteiger partial charge in [0.2, 0.25) is 0 Å². The number of nitrogens with one attached hydrogen (secondary N) is 1. The molecule has 0 unspecified atom stereocenters. The van der Waals surface area contributed by atoms with Gasteiger partial charge in [-0.2, -0.15) is 0 Å². The number of benzene rings is 1. The predicted molar refractivity (Wildman–Crippen MR) is 110 cm³/mol. The average Bonchev–Trinajstić information content (AvgIpc) is 3.13. The molecular formula is C20H24N4O2S. The van der Waals surface area contributed by atoms with Gasteiger partial charge in [-0.05, 0) is 43.3 Å². The van der Waals surface area contributed by atoms with Gasteiger partial charge in [-0.15, -0.1) is 11.3 Å². The Kier molecular flexibility index (Phi) is 6.03. The summed E-state index contributed by atoms with van der Waals surface area (Å²) in [4.78, 5) is 33.5. The molecule has 2 heterocycles. The van der Waals surface area contributed by atoms with Crippen molar-refractivity contribution in [3.63, 3.8) is 0 Å². The predicted octanol–water partition coefficient (Wildman–Crippen LogP) is 3.25. The summed E-state index contributed by atoms with van der Waals surface area (Å²) in [5.74, 6) is -0.335. The summed E-state index contributed by atoms with van der Waals surface area (Å²) in [6, 6.07) is 9.31. The minimum absolute atomic E-state index is 0.262. The molecule has 0 aliphatic rings. The summed E-state index contributed by atoms with van der Waals surface area (Å²) in [5, 5.41) is 0.536. The molecule has 1 N–H and O–H groups in total. The molecule has 0 atom stereocenters. The summed E-state index contributed by atoms with van der Waals surface area (Å²) in [7, 11) is 0. The lowest BCUT2D eigenvalue weighted by Crippen LogP contribution is -2.33. The molecular weight excluding hydrogens is 360 g/mol. The molecule has 0 spiro atoms. The first-order valence-corrected chi connectivity index (χ1v) is 10.00. The highest BCUT2D eigenvalue weighted by Gasteiger charge is 2.12. The summed E-state index contributed by atoms with van der Waals surface area (Å²) in [6.07, 6.45) is 2.22. The van der Waals surface area contributed by atoms with Gasteiger partial charge in [0.15, 0.2) is 0 Å². The quantitative estimate of drug-likeness (QED) is 0.679. The van der Waals surface area contributed by atoms with E-state index in [1.807, 2.05) is 25.1 Å². The maximum atomic E-state index is 12.6. The van der Waals surface area contributed by atoms with Gasteiger partial charge in [-0.25, -0.2) is 9.66 Å². The van der Waals surface area contributed by atoms with E-state index in [0.29, 0.717) is 15.8 Å². The molecule has 0 bridgehead atoms. The summed E-state index contributed by atoms with van der Waals surface area (Å²) in [6.45, 7) is 9.12. The first-order valence-electron chi connectivity index (χ1n) is 9.18. The Labute approximate surface area is 162 Å². The first kappa shape index (κ1) is 19.3. The van der Waals surface area contributed by atoms with Crippen molar-refractivity contribution in [2.45, 2.75) is 33.7 Å². The Hall–Kier alpha value is -2.51. The van der Waals surface area contributed by atoms with E-state index in [9.17, 15) is 9.59 Å². The van der Waals surface area contributed by atoms with Crippen LogP contribution in [0.5, 0.6) is 0 Å². The maximum Gasteiger partial charge on any atom is 0.280 e. The number of amides is 1. The van der Waals surface area contributed by atoms with Crippen LogP contribution in [0.2, 0.25) is 0 Å². The van der Waals surface area contributed by atoms with Gasteiger partial charge in [-0.3, -0.25) is 19.9 Å². The number of nitrogens with zero attached hydrogens (tertiary/aromatic N) is 3. The van der Waals surface area contributed by atoms with Crippen LogP contribution < -0.4 is 11.0 Å². The van der Waals surface area contributed by atoms with Crippen molar-refractivity contribution < 1.29 is 4.79 Å². The van der Waals surface area contributed by atoms with Crippen molar-refractivity contribution in [2.24, 2.45) is 0 Å². The van der Waals surface area contributed by atoms with E-state index >= 15 is 0 Å². The fraction of sp³-hybridized carbons (Fsp3) is 0.350. The molecule has 0 saturated heterocycles. The number of aryl methyl sites for hydroxylation is 1. The van der Waals surface area contributed by atoms with E-state index in [4.69, 9.17) is 0 Å². The largest absolute Gasteiger partial charge is 0.300 e. The number of hydrogen-bond donors (Lipinski definition) is 1. The van der Waals surface area contributed by atoms with Crippen LogP contribution in [0.1, 0.15) is 41.6 Å².